The molecule has 0 bridgehead atoms. The monoisotopic (exact) mass is 514 g/mol. The average Bonchev–Trinajstić information content (AvgIpc) is 2.96. The van der Waals surface area contributed by atoms with Gasteiger partial charge < -0.3 is 14.2 Å². The standard InChI is InChI=1S/C34H34N2OSi/c1-4-37-38(2,3)34-25-23-31(24-26-34)36(30-19-12-7-13-20-30)33-22-14-21-32(27-33)35(28-15-8-5-9-16-28)29-17-10-6-11-18-29/h5-27H,4H2,1-3H3. The highest BCUT2D eigenvalue weighted by Crippen LogP contribution is 2.39. The molecule has 0 fully saturated rings. The summed E-state index contributed by atoms with van der Waals surface area (Å²) in [6, 6.07) is 49.3. The second kappa shape index (κ2) is 11.5. The van der Waals surface area contributed by atoms with E-state index in [0.29, 0.717) is 0 Å². The van der Waals surface area contributed by atoms with Gasteiger partial charge in [-0.15, -0.1) is 0 Å². The number of hydrogen-bond donors (Lipinski definition) is 0. The Labute approximate surface area is 227 Å². The van der Waals surface area contributed by atoms with Crippen molar-refractivity contribution in [1.82, 2.24) is 0 Å². The summed E-state index contributed by atoms with van der Waals surface area (Å²) >= 11 is 0. The fourth-order valence-electron chi connectivity index (χ4n) is 4.85. The van der Waals surface area contributed by atoms with Crippen molar-refractivity contribution in [3.05, 3.63) is 140 Å². The molecular weight excluding hydrogens is 480 g/mol. The summed E-state index contributed by atoms with van der Waals surface area (Å²) < 4.78 is 6.13. The molecule has 3 nitrogen and oxygen atoms in total. The predicted molar refractivity (Wildman–Crippen MR) is 165 cm³/mol. The van der Waals surface area contributed by atoms with E-state index in [1.54, 1.807) is 0 Å². The number of nitrogens with zero attached hydrogens (tertiary/aromatic N) is 2. The number of para-hydroxylation sites is 3. The molecule has 0 N–H and O–H groups in total. The average molecular weight is 515 g/mol. The summed E-state index contributed by atoms with van der Waals surface area (Å²) in [6.07, 6.45) is 0. The Morgan fingerprint density at radius 2 is 0.842 bits per heavy atom. The van der Waals surface area contributed by atoms with Gasteiger partial charge >= 0.3 is 0 Å². The third-order valence-corrected chi connectivity index (χ3v) is 9.45. The molecule has 190 valence electrons. The quantitative estimate of drug-likeness (QED) is 0.182. The molecule has 0 radical (unpaired) electrons. The number of rotatable bonds is 9. The molecule has 0 amide bonds. The minimum atomic E-state index is -1.92. The zero-order valence-electron chi connectivity index (χ0n) is 22.3. The summed E-state index contributed by atoms with van der Waals surface area (Å²) in [7, 11) is -1.92. The van der Waals surface area contributed by atoms with E-state index in [1.165, 1.54) is 5.19 Å². The first kappa shape index (κ1) is 25.5. The van der Waals surface area contributed by atoms with Crippen LogP contribution in [0.25, 0.3) is 0 Å². The molecule has 0 heterocycles. The van der Waals surface area contributed by atoms with E-state index in [-0.39, 0.29) is 0 Å². The van der Waals surface area contributed by atoms with Crippen LogP contribution in [-0.4, -0.2) is 14.9 Å². The molecule has 0 atom stereocenters. The number of benzene rings is 5. The zero-order chi connectivity index (χ0) is 26.4. The topological polar surface area (TPSA) is 15.7 Å². The zero-order valence-corrected chi connectivity index (χ0v) is 23.3. The van der Waals surface area contributed by atoms with Gasteiger partial charge in [-0.1, -0.05) is 72.8 Å². The van der Waals surface area contributed by atoms with Gasteiger partial charge in [-0.05, 0) is 91.9 Å². The van der Waals surface area contributed by atoms with Crippen molar-refractivity contribution in [2.45, 2.75) is 20.0 Å². The largest absolute Gasteiger partial charge is 0.413 e. The van der Waals surface area contributed by atoms with Crippen molar-refractivity contribution in [1.29, 1.82) is 0 Å². The first-order valence-electron chi connectivity index (χ1n) is 13.2. The minimum Gasteiger partial charge on any atom is -0.413 e. The molecule has 0 unspecified atom stereocenters. The van der Waals surface area contributed by atoms with Crippen molar-refractivity contribution in [3.63, 3.8) is 0 Å². The highest BCUT2D eigenvalue weighted by molar-refractivity contribution is 6.84. The molecule has 4 heteroatoms. The van der Waals surface area contributed by atoms with Gasteiger partial charge in [0.2, 0.25) is 8.32 Å². The van der Waals surface area contributed by atoms with E-state index in [2.05, 4.69) is 169 Å². The van der Waals surface area contributed by atoms with Crippen LogP contribution in [-0.2, 0) is 4.43 Å². The van der Waals surface area contributed by atoms with Crippen LogP contribution in [0.2, 0.25) is 13.1 Å². The van der Waals surface area contributed by atoms with Gasteiger partial charge in [0.1, 0.15) is 0 Å². The molecule has 5 aromatic rings. The van der Waals surface area contributed by atoms with Crippen LogP contribution in [0, 0.1) is 0 Å². The maximum Gasteiger partial charge on any atom is 0.218 e. The van der Waals surface area contributed by atoms with Crippen LogP contribution in [0.4, 0.5) is 34.1 Å². The van der Waals surface area contributed by atoms with Gasteiger partial charge in [-0.3, -0.25) is 0 Å². The lowest BCUT2D eigenvalue weighted by Crippen LogP contribution is -2.44. The predicted octanol–water partition coefficient (Wildman–Crippen LogP) is 9.07. The van der Waals surface area contributed by atoms with Crippen molar-refractivity contribution in [3.8, 4) is 0 Å². The van der Waals surface area contributed by atoms with Gasteiger partial charge in [0.15, 0.2) is 0 Å². The lowest BCUT2D eigenvalue weighted by molar-refractivity contribution is 0.339. The Morgan fingerprint density at radius 3 is 1.24 bits per heavy atom. The first-order chi connectivity index (χ1) is 18.6. The van der Waals surface area contributed by atoms with E-state index in [4.69, 9.17) is 4.43 Å². The Hall–Kier alpha value is -4.12. The van der Waals surface area contributed by atoms with Crippen LogP contribution in [0.5, 0.6) is 0 Å². The first-order valence-corrected chi connectivity index (χ1v) is 16.1. The van der Waals surface area contributed by atoms with Crippen molar-refractivity contribution in [2.24, 2.45) is 0 Å². The summed E-state index contributed by atoms with van der Waals surface area (Å²) in [5.74, 6) is 0. The molecule has 0 aromatic heterocycles. The van der Waals surface area contributed by atoms with Crippen LogP contribution < -0.4 is 15.0 Å². The number of anilines is 6. The smallest absolute Gasteiger partial charge is 0.218 e. The van der Waals surface area contributed by atoms with E-state index in [9.17, 15) is 0 Å². The summed E-state index contributed by atoms with van der Waals surface area (Å²) in [6.45, 7) is 7.32. The van der Waals surface area contributed by atoms with E-state index in [0.717, 1.165) is 40.7 Å². The third-order valence-electron chi connectivity index (χ3n) is 6.72. The van der Waals surface area contributed by atoms with Crippen molar-refractivity contribution < 1.29 is 4.43 Å². The molecule has 0 aliphatic rings. The number of hydrogen-bond acceptors (Lipinski definition) is 3. The van der Waals surface area contributed by atoms with E-state index < -0.39 is 8.32 Å². The van der Waals surface area contributed by atoms with Gasteiger partial charge in [-0.25, -0.2) is 0 Å². The second-order valence-electron chi connectivity index (χ2n) is 9.69. The van der Waals surface area contributed by atoms with E-state index >= 15 is 0 Å². The Kier molecular flexibility index (Phi) is 7.73. The maximum absolute atomic E-state index is 6.13. The van der Waals surface area contributed by atoms with Crippen molar-refractivity contribution >= 4 is 47.6 Å². The maximum atomic E-state index is 6.13. The van der Waals surface area contributed by atoms with Gasteiger partial charge in [-0.2, -0.15) is 0 Å². The third kappa shape index (κ3) is 5.57. The highest BCUT2D eigenvalue weighted by atomic mass is 28.4. The summed E-state index contributed by atoms with van der Waals surface area (Å²) in [5, 5.41) is 1.30. The molecule has 38 heavy (non-hydrogen) atoms. The lowest BCUT2D eigenvalue weighted by Gasteiger charge is -2.30. The lowest BCUT2D eigenvalue weighted by atomic mass is 10.1. The van der Waals surface area contributed by atoms with Gasteiger partial charge in [0.05, 0.1) is 0 Å². The van der Waals surface area contributed by atoms with E-state index in [1.807, 2.05) is 0 Å². The summed E-state index contributed by atoms with van der Waals surface area (Å²) in [4.78, 5) is 4.61. The fraction of sp³-hybridized carbons (Fsp3) is 0.118. The molecular formula is C34H34N2OSi. The Bertz CT molecular complexity index is 1400. The molecule has 5 rings (SSSR count). The van der Waals surface area contributed by atoms with Crippen LogP contribution in [0.3, 0.4) is 0 Å². The molecule has 0 spiro atoms. The van der Waals surface area contributed by atoms with Crippen LogP contribution in [0.15, 0.2) is 140 Å². The molecule has 0 aliphatic carbocycles. The van der Waals surface area contributed by atoms with Crippen molar-refractivity contribution in [2.75, 3.05) is 16.4 Å². The Morgan fingerprint density at radius 1 is 0.474 bits per heavy atom. The van der Waals surface area contributed by atoms with Crippen LogP contribution >= 0.6 is 0 Å². The molecule has 0 aliphatic heterocycles. The minimum absolute atomic E-state index is 0.739. The van der Waals surface area contributed by atoms with Crippen LogP contribution in [0.1, 0.15) is 6.92 Å². The van der Waals surface area contributed by atoms with Gasteiger partial charge in [0, 0.05) is 40.7 Å². The van der Waals surface area contributed by atoms with Gasteiger partial charge in [0.25, 0.3) is 0 Å². The molecule has 0 saturated carbocycles. The normalized spacial score (nSPS) is 11.2. The SMILES string of the molecule is CCO[Si](C)(C)c1ccc(N(c2ccccc2)c2cccc(N(c3ccccc3)c3ccccc3)c2)cc1. The fourth-order valence-corrected chi connectivity index (χ4v) is 6.71. The molecule has 5 aromatic carbocycles. The Balaban J connectivity index is 1.60. The second-order valence-corrected chi connectivity index (χ2v) is 13.6. The highest BCUT2D eigenvalue weighted by Gasteiger charge is 2.25. The summed E-state index contributed by atoms with van der Waals surface area (Å²) in [5.41, 5.74) is 6.67. The molecule has 0 saturated heterocycles.